The number of carbonyl (C=O) groups excluding carboxylic acids is 1. The van der Waals surface area contributed by atoms with Crippen LogP contribution in [0.15, 0.2) is 15.8 Å². The van der Waals surface area contributed by atoms with E-state index in [1.54, 1.807) is 6.92 Å². The molecule has 0 radical (unpaired) electrons. The molecule has 1 heterocycles. The first kappa shape index (κ1) is 16.4. The van der Waals surface area contributed by atoms with Crippen LogP contribution < -0.4 is 11.2 Å². The molecule has 0 amide bonds. The van der Waals surface area contributed by atoms with Crippen LogP contribution >= 0.6 is 0 Å². The normalized spacial score (nSPS) is 11.6. The molecule has 20 heavy (non-hydrogen) atoms. The van der Waals surface area contributed by atoms with E-state index >= 15 is 0 Å². The average molecular weight is 302 g/mol. The second-order valence-electron chi connectivity index (χ2n) is 4.59. The van der Waals surface area contributed by atoms with Crippen LogP contribution in [0, 0.1) is 0 Å². The summed E-state index contributed by atoms with van der Waals surface area (Å²) >= 11 is 0. The lowest BCUT2D eigenvalue weighted by Gasteiger charge is -2.09. The first-order valence-corrected chi connectivity index (χ1v) is 8.03. The van der Waals surface area contributed by atoms with Gasteiger partial charge in [0.1, 0.15) is 0 Å². The van der Waals surface area contributed by atoms with E-state index in [0.29, 0.717) is 6.42 Å². The molecule has 0 fully saturated rings. The predicted octanol–water partition coefficient (Wildman–Crippen LogP) is -0.426. The molecule has 0 saturated heterocycles. The molecule has 0 spiro atoms. The van der Waals surface area contributed by atoms with E-state index in [4.69, 9.17) is 0 Å². The summed E-state index contributed by atoms with van der Waals surface area (Å²) in [6.07, 6.45) is 1.64. The van der Waals surface area contributed by atoms with Crippen LogP contribution in [0.3, 0.4) is 0 Å². The molecule has 0 saturated carbocycles. The van der Waals surface area contributed by atoms with Crippen LogP contribution in [0.5, 0.6) is 0 Å². The highest BCUT2D eigenvalue weighted by Gasteiger charge is 2.14. The summed E-state index contributed by atoms with van der Waals surface area (Å²) in [7, 11) is -1.98. The number of hydrogen-bond acceptors (Lipinski definition) is 5. The average Bonchev–Trinajstić information content (AvgIpc) is 2.34. The molecule has 1 aromatic rings. The Kier molecular flexibility index (Phi) is 5.04. The van der Waals surface area contributed by atoms with Crippen LogP contribution in [-0.4, -0.2) is 34.8 Å². The number of ketones is 1. The maximum absolute atomic E-state index is 11.9. The SMILES string of the molecule is CCCS(=O)(=O)CCn1cc(C(C)=O)c(=O)n(C)c1=O. The van der Waals surface area contributed by atoms with Crippen molar-refractivity contribution < 1.29 is 13.2 Å². The van der Waals surface area contributed by atoms with Gasteiger partial charge < -0.3 is 0 Å². The van der Waals surface area contributed by atoms with Crippen molar-refractivity contribution in [3.8, 4) is 0 Å². The molecule has 0 aliphatic rings. The zero-order chi connectivity index (χ0) is 15.5. The molecule has 0 bridgehead atoms. The van der Waals surface area contributed by atoms with Crippen molar-refractivity contribution in [1.82, 2.24) is 9.13 Å². The van der Waals surface area contributed by atoms with Gasteiger partial charge >= 0.3 is 5.69 Å². The van der Waals surface area contributed by atoms with Gasteiger partial charge in [-0.05, 0) is 13.3 Å². The van der Waals surface area contributed by atoms with E-state index in [0.717, 1.165) is 15.3 Å². The number of rotatable bonds is 6. The molecule has 0 unspecified atom stereocenters. The molecule has 0 atom stereocenters. The Bertz CT molecular complexity index is 727. The van der Waals surface area contributed by atoms with Crippen molar-refractivity contribution >= 4 is 15.6 Å². The highest BCUT2D eigenvalue weighted by atomic mass is 32.2. The largest absolute Gasteiger partial charge is 0.330 e. The van der Waals surface area contributed by atoms with E-state index in [9.17, 15) is 22.8 Å². The maximum atomic E-state index is 11.9. The fraction of sp³-hybridized carbons (Fsp3) is 0.583. The predicted molar refractivity (Wildman–Crippen MR) is 74.9 cm³/mol. The minimum atomic E-state index is -3.23. The van der Waals surface area contributed by atoms with Crippen molar-refractivity contribution in [2.45, 2.75) is 26.8 Å². The van der Waals surface area contributed by atoms with Crippen LogP contribution in [0.4, 0.5) is 0 Å². The second-order valence-corrected chi connectivity index (χ2v) is 6.89. The molecule has 0 N–H and O–H groups in total. The fourth-order valence-electron chi connectivity index (χ4n) is 1.78. The number of aromatic nitrogens is 2. The summed E-state index contributed by atoms with van der Waals surface area (Å²) in [5.74, 6) is -0.612. The number of sulfone groups is 1. The first-order valence-electron chi connectivity index (χ1n) is 6.21. The molecular formula is C12H18N2O5S. The van der Waals surface area contributed by atoms with Gasteiger partial charge in [0.05, 0.1) is 11.3 Å². The smallest absolute Gasteiger partial charge is 0.299 e. The molecule has 8 heteroatoms. The number of carbonyl (C=O) groups is 1. The zero-order valence-electron chi connectivity index (χ0n) is 11.7. The van der Waals surface area contributed by atoms with E-state index in [1.165, 1.54) is 14.0 Å². The topological polar surface area (TPSA) is 95.2 Å². The monoisotopic (exact) mass is 302 g/mol. The summed E-state index contributed by atoms with van der Waals surface area (Å²) < 4.78 is 25.2. The van der Waals surface area contributed by atoms with Crippen LogP contribution in [0.2, 0.25) is 0 Å². The fourth-order valence-corrected chi connectivity index (χ4v) is 3.08. The Morgan fingerprint density at radius 3 is 2.35 bits per heavy atom. The highest BCUT2D eigenvalue weighted by molar-refractivity contribution is 7.91. The van der Waals surface area contributed by atoms with Gasteiger partial charge in [-0.25, -0.2) is 13.2 Å². The molecule has 112 valence electrons. The van der Waals surface area contributed by atoms with E-state index in [1.807, 2.05) is 0 Å². The molecule has 1 rings (SSSR count). The third-order valence-corrected chi connectivity index (χ3v) is 4.73. The standard InChI is InChI=1S/C12H18N2O5S/c1-4-6-20(18,19)7-5-14-8-10(9(2)15)11(16)13(3)12(14)17/h8H,4-7H2,1-3H3. The van der Waals surface area contributed by atoms with Gasteiger partial charge in [-0.2, -0.15) is 0 Å². The number of hydrogen-bond donors (Lipinski definition) is 0. The lowest BCUT2D eigenvalue weighted by Crippen LogP contribution is -2.41. The Morgan fingerprint density at radius 2 is 1.85 bits per heavy atom. The third-order valence-electron chi connectivity index (χ3n) is 2.89. The van der Waals surface area contributed by atoms with Crippen molar-refractivity contribution in [3.05, 3.63) is 32.6 Å². The van der Waals surface area contributed by atoms with Gasteiger partial charge in [0, 0.05) is 25.5 Å². The summed E-state index contributed by atoms with van der Waals surface area (Å²) in [5.41, 5.74) is -1.43. The molecule has 0 aliphatic carbocycles. The van der Waals surface area contributed by atoms with Crippen LogP contribution in [0.25, 0.3) is 0 Å². The molecular weight excluding hydrogens is 284 g/mol. The van der Waals surface area contributed by atoms with Gasteiger partial charge in [-0.1, -0.05) is 6.92 Å². The Morgan fingerprint density at radius 1 is 1.25 bits per heavy atom. The number of Topliss-reactive ketones (excluding diaryl/α,β-unsaturated/α-hetero) is 1. The Balaban J connectivity index is 3.18. The second kappa shape index (κ2) is 6.17. The van der Waals surface area contributed by atoms with Crippen molar-refractivity contribution in [3.63, 3.8) is 0 Å². The lowest BCUT2D eigenvalue weighted by atomic mass is 10.2. The summed E-state index contributed by atoms with van der Waals surface area (Å²) in [5, 5.41) is 0. The number of aryl methyl sites for hydroxylation is 1. The highest BCUT2D eigenvalue weighted by Crippen LogP contribution is 1.97. The van der Waals surface area contributed by atoms with Gasteiger partial charge in [-0.15, -0.1) is 0 Å². The van der Waals surface area contributed by atoms with E-state index in [2.05, 4.69) is 0 Å². The maximum Gasteiger partial charge on any atom is 0.330 e. The summed E-state index contributed by atoms with van der Waals surface area (Å²) in [6.45, 7) is 2.90. The molecule has 1 aromatic heterocycles. The van der Waals surface area contributed by atoms with Crippen molar-refractivity contribution in [1.29, 1.82) is 0 Å². The van der Waals surface area contributed by atoms with Crippen molar-refractivity contribution in [2.24, 2.45) is 7.05 Å². The minimum absolute atomic E-state index is 0.0487. The van der Waals surface area contributed by atoms with Gasteiger partial charge in [0.15, 0.2) is 15.6 Å². The number of nitrogens with zero attached hydrogens (tertiary/aromatic N) is 2. The van der Waals surface area contributed by atoms with Crippen LogP contribution in [0.1, 0.15) is 30.6 Å². The summed E-state index contributed by atoms with van der Waals surface area (Å²) in [6, 6.07) is 0. The lowest BCUT2D eigenvalue weighted by molar-refractivity contribution is 0.101. The first-order chi connectivity index (χ1) is 9.19. The molecule has 7 nitrogen and oxygen atoms in total. The van der Waals surface area contributed by atoms with Crippen molar-refractivity contribution in [2.75, 3.05) is 11.5 Å². The van der Waals surface area contributed by atoms with E-state index in [-0.39, 0.29) is 23.6 Å². The van der Waals surface area contributed by atoms with E-state index < -0.39 is 26.9 Å². The van der Waals surface area contributed by atoms with Gasteiger partial charge in [-0.3, -0.25) is 18.7 Å². The Hall–Kier alpha value is -1.70. The minimum Gasteiger partial charge on any atom is -0.299 e. The zero-order valence-corrected chi connectivity index (χ0v) is 12.6. The third kappa shape index (κ3) is 3.66. The Labute approximate surface area is 116 Å². The molecule has 0 aromatic carbocycles. The van der Waals surface area contributed by atoms with Gasteiger partial charge in [0.2, 0.25) is 0 Å². The van der Waals surface area contributed by atoms with Crippen LogP contribution in [-0.2, 0) is 23.4 Å². The quantitative estimate of drug-likeness (QED) is 0.665. The van der Waals surface area contributed by atoms with Gasteiger partial charge in [0.25, 0.3) is 5.56 Å². The molecule has 0 aliphatic heterocycles. The summed E-state index contributed by atoms with van der Waals surface area (Å²) in [4.78, 5) is 34.9.